The van der Waals surface area contributed by atoms with Crippen LogP contribution >= 0.6 is 0 Å². The molecule has 4 rings (SSSR count). The zero-order valence-electron chi connectivity index (χ0n) is 17.4. The van der Waals surface area contributed by atoms with Gasteiger partial charge in [0, 0.05) is 6.42 Å². The quantitative estimate of drug-likeness (QED) is 0.711. The smallest absolute Gasteiger partial charge is 0.257 e. The van der Waals surface area contributed by atoms with E-state index in [0.717, 1.165) is 48.5 Å². The molecule has 0 saturated carbocycles. The molecular weight excluding hydrogens is 381 g/mol. The number of hydrogen-bond acceptors (Lipinski definition) is 4. The molecular formula is C24H28FN3O2. The van der Waals surface area contributed by atoms with Crippen LogP contribution in [-0.4, -0.2) is 47.8 Å². The second-order valence-corrected chi connectivity index (χ2v) is 7.85. The number of carbonyl (C=O) groups is 1. The third-order valence-electron chi connectivity index (χ3n) is 5.73. The Morgan fingerprint density at radius 1 is 1.07 bits per heavy atom. The summed E-state index contributed by atoms with van der Waals surface area (Å²) in [7, 11) is 0. The molecule has 0 aromatic heterocycles. The number of ether oxygens (including phenoxy) is 1. The average Bonchev–Trinajstić information content (AvgIpc) is 3.21. The van der Waals surface area contributed by atoms with Crippen molar-refractivity contribution < 1.29 is 13.9 Å². The van der Waals surface area contributed by atoms with E-state index in [0.29, 0.717) is 19.6 Å². The number of halogens is 1. The molecule has 0 spiro atoms. The van der Waals surface area contributed by atoms with Crippen molar-refractivity contribution in [2.45, 2.75) is 38.6 Å². The van der Waals surface area contributed by atoms with Crippen LogP contribution in [0.3, 0.4) is 0 Å². The van der Waals surface area contributed by atoms with Crippen molar-refractivity contribution in [3.8, 4) is 5.75 Å². The molecule has 0 radical (unpaired) electrons. The third kappa shape index (κ3) is 4.70. The van der Waals surface area contributed by atoms with Crippen LogP contribution in [0.2, 0.25) is 0 Å². The molecule has 2 aromatic carbocycles. The Bertz CT molecular complexity index is 890. The SMILES string of the molecule is CCOc1ccc([C@@H]2CC(c3ccc(F)cc3)=NN2C(=O)CN2CCCCC2)cc1. The van der Waals surface area contributed by atoms with Crippen molar-refractivity contribution in [2.24, 2.45) is 5.10 Å². The van der Waals surface area contributed by atoms with Crippen molar-refractivity contribution in [1.82, 2.24) is 9.91 Å². The molecule has 2 aromatic rings. The van der Waals surface area contributed by atoms with Gasteiger partial charge in [0.15, 0.2) is 0 Å². The number of rotatable bonds is 6. The Hall–Kier alpha value is -2.73. The molecule has 0 unspecified atom stereocenters. The Balaban J connectivity index is 1.58. The molecule has 1 fully saturated rings. The molecule has 1 saturated heterocycles. The van der Waals surface area contributed by atoms with Gasteiger partial charge in [-0.2, -0.15) is 5.10 Å². The van der Waals surface area contributed by atoms with E-state index in [2.05, 4.69) is 4.90 Å². The zero-order valence-corrected chi connectivity index (χ0v) is 17.4. The molecule has 0 N–H and O–H groups in total. The van der Waals surface area contributed by atoms with E-state index in [4.69, 9.17) is 9.84 Å². The maximum atomic E-state index is 13.4. The first-order chi connectivity index (χ1) is 14.6. The van der Waals surface area contributed by atoms with E-state index in [1.54, 1.807) is 17.1 Å². The lowest BCUT2D eigenvalue weighted by atomic mass is 9.98. The molecule has 2 heterocycles. The van der Waals surface area contributed by atoms with Crippen LogP contribution in [0, 0.1) is 5.82 Å². The van der Waals surface area contributed by atoms with Crippen LogP contribution in [0.5, 0.6) is 5.75 Å². The van der Waals surface area contributed by atoms with Crippen molar-refractivity contribution in [3.63, 3.8) is 0 Å². The summed E-state index contributed by atoms with van der Waals surface area (Å²) in [6.45, 7) is 4.87. The minimum Gasteiger partial charge on any atom is -0.494 e. The number of hydrogen-bond donors (Lipinski definition) is 0. The second-order valence-electron chi connectivity index (χ2n) is 7.85. The standard InChI is InChI=1S/C24H28FN3O2/c1-2-30-21-12-8-19(9-13-21)23-16-22(18-6-10-20(25)11-7-18)26-28(23)24(29)17-27-14-4-3-5-15-27/h6-13,23H,2-5,14-17H2,1H3/t23-/m0/s1. The third-order valence-corrected chi connectivity index (χ3v) is 5.73. The van der Waals surface area contributed by atoms with Gasteiger partial charge in [-0.05, 0) is 68.2 Å². The van der Waals surface area contributed by atoms with Crippen LogP contribution < -0.4 is 4.74 Å². The monoisotopic (exact) mass is 409 g/mol. The number of amides is 1. The molecule has 2 aliphatic heterocycles. The van der Waals surface area contributed by atoms with E-state index in [9.17, 15) is 9.18 Å². The van der Waals surface area contributed by atoms with Gasteiger partial charge in [-0.3, -0.25) is 9.69 Å². The fourth-order valence-corrected chi connectivity index (χ4v) is 4.15. The molecule has 5 nitrogen and oxygen atoms in total. The molecule has 6 heteroatoms. The molecule has 2 aliphatic rings. The summed E-state index contributed by atoms with van der Waals surface area (Å²) in [6.07, 6.45) is 4.11. The minimum atomic E-state index is -0.279. The number of piperidine rings is 1. The van der Waals surface area contributed by atoms with E-state index in [-0.39, 0.29) is 17.8 Å². The fourth-order valence-electron chi connectivity index (χ4n) is 4.15. The van der Waals surface area contributed by atoms with Crippen LogP contribution in [0.25, 0.3) is 0 Å². The molecule has 0 aliphatic carbocycles. The summed E-state index contributed by atoms with van der Waals surface area (Å²) >= 11 is 0. The predicted octanol–water partition coefficient (Wildman–Crippen LogP) is 4.39. The summed E-state index contributed by atoms with van der Waals surface area (Å²) in [5.74, 6) is 0.538. The lowest BCUT2D eigenvalue weighted by Gasteiger charge is -2.29. The van der Waals surface area contributed by atoms with E-state index < -0.39 is 0 Å². The highest BCUT2D eigenvalue weighted by atomic mass is 19.1. The van der Waals surface area contributed by atoms with Crippen molar-refractivity contribution in [3.05, 3.63) is 65.5 Å². The molecule has 1 atom stereocenters. The lowest BCUT2D eigenvalue weighted by Crippen LogP contribution is -2.40. The van der Waals surface area contributed by atoms with Gasteiger partial charge >= 0.3 is 0 Å². The lowest BCUT2D eigenvalue weighted by molar-refractivity contribution is -0.134. The van der Waals surface area contributed by atoms with E-state index in [1.807, 2.05) is 31.2 Å². The zero-order chi connectivity index (χ0) is 20.9. The normalized spacial score (nSPS) is 19.6. The number of likely N-dealkylation sites (tertiary alicyclic amines) is 1. The van der Waals surface area contributed by atoms with Crippen molar-refractivity contribution in [1.29, 1.82) is 0 Å². The summed E-state index contributed by atoms with van der Waals surface area (Å²) < 4.78 is 18.9. The maximum Gasteiger partial charge on any atom is 0.257 e. The maximum absolute atomic E-state index is 13.4. The number of carbonyl (C=O) groups excluding carboxylic acids is 1. The Labute approximate surface area is 177 Å². The summed E-state index contributed by atoms with van der Waals surface area (Å²) in [6, 6.07) is 14.0. The van der Waals surface area contributed by atoms with Gasteiger partial charge < -0.3 is 4.74 Å². The highest BCUT2D eigenvalue weighted by molar-refractivity contribution is 6.03. The van der Waals surface area contributed by atoms with Gasteiger partial charge in [-0.15, -0.1) is 0 Å². The minimum absolute atomic E-state index is 0.00731. The molecule has 0 bridgehead atoms. The first-order valence-corrected chi connectivity index (χ1v) is 10.7. The predicted molar refractivity (Wildman–Crippen MR) is 115 cm³/mol. The first-order valence-electron chi connectivity index (χ1n) is 10.7. The topological polar surface area (TPSA) is 45.1 Å². The van der Waals surface area contributed by atoms with Gasteiger partial charge in [0.05, 0.1) is 24.9 Å². The molecule has 30 heavy (non-hydrogen) atoms. The second kappa shape index (κ2) is 9.39. The molecule has 158 valence electrons. The van der Waals surface area contributed by atoms with Gasteiger partial charge in [-0.25, -0.2) is 9.40 Å². The van der Waals surface area contributed by atoms with Gasteiger partial charge in [0.25, 0.3) is 5.91 Å². The van der Waals surface area contributed by atoms with Gasteiger partial charge in [0.2, 0.25) is 0 Å². The van der Waals surface area contributed by atoms with Gasteiger partial charge in [0.1, 0.15) is 11.6 Å². The van der Waals surface area contributed by atoms with Crippen molar-refractivity contribution in [2.75, 3.05) is 26.2 Å². The highest BCUT2D eigenvalue weighted by Crippen LogP contribution is 2.34. The van der Waals surface area contributed by atoms with Gasteiger partial charge in [-0.1, -0.05) is 30.7 Å². The van der Waals surface area contributed by atoms with Crippen LogP contribution in [0.15, 0.2) is 53.6 Å². The van der Waals surface area contributed by atoms with Crippen LogP contribution in [0.1, 0.15) is 49.8 Å². The number of nitrogens with zero attached hydrogens (tertiary/aromatic N) is 3. The largest absolute Gasteiger partial charge is 0.494 e. The fraction of sp³-hybridized carbons (Fsp3) is 0.417. The van der Waals surface area contributed by atoms with E-state index >= 15 is 0 Å². The van der Waals surface area contributed by atoms with E-state index in [1.165, 1.54) is 18.6 Å². The van der Waals surface area contributed by atoms with Crippen LogP contribution in [0.4, 0.5) is 4.39 Å². The first kappa shape index (κ1) is 20.5. The summed E-state index contributed by atoms with van der Waals surface area (Å²) in [5.41, 5.74) is 2.67. The van der Waals surface area contributed by atoms with Crippen LogP contribution in [-0.2, 0) is 4.79 Å². The highest BCUT2D eigenvalue weighted by Gasteiger charge is 2.33. The summed E-state index contributed by atoms with van der Waals surface area (Å²) in [4.78, 5) is 15.4. The Kier molecular flexibility index (Phi) is 6.43. The summed E-state index contributed by atoms with van der Waals surface area (Å²) in [5, 5.41) is 6.32. The average molecular weight is 410 g/mol. The number of benzene rings is 2. The Morgan fingerprint density at radius 2 is 1.77 bits per heavy atom. The Morgan fingerprint density at radius 3 is 2.43 bits per heavy atom. The number of hydrazone groups is 1. The molecule has 1 amide bonds. The van der Waals surface area contributed by atoms with Crippen molar-refractivity contribution >= 4 is 11.6 Å².